The summed E-state index contributed by atoms with van der Waals surface area (Å²) < 4.78 is 11.1. The number of nitrogens with one attached hydrogen (secondary N) is 1. The second-order valence-corrected chi connectivity index (χ2v) is 10.1. The van der Waals surface area contributed by atoms with Gasteiger partial charge in [-0.2, -0.15) is 0 Å². The molecule has 7 nitrogen and oxygen atoms in total. The van der Waals surface area contributed by atoms with Gasteiger partial charge in [-0.05, 0) is 62.3 Å². The maximum absolute atomic E-state index is 12.6. The molecular formula is C27H34N2O5. The minimum Gasteiger partial charge on any atom is -0.449 e. The largest absolute Gasteiger partial charge is 0.449 e. The van der Waals surface area contributed by atoms with Crippen molar-refractivity contribution >= 4 is 12.2 Å². The lowest BCUT2D eigenvalue weighted by Gasteiger charge is -2.30. The number of aliphatic hydroxyl groups excluding tert-OH is 1. The molecule has 2 atom stereocenters. The van der Waals surface area contributed by atoms with Gasteiger partial charge in [0.15, 0.2) is 0 Å². The molecule has 1 saturated heterocycles. The molecule has 0 spiro atoms. The third-order valence-electron chi connectivity index (χ3n) is 6.45. The molecule has 0 aromatic heterocycles. The van der Waals surface area contributed by atoms with Crippen molar-refractivity contribution in [2.45, 2.75) is 63.6 Å². The Morgan fingerprint density at radius 3 is 2.29 bits per heavy atom. The van der Waals surface area contributed by atoms with Crippen molar-refractivity contribution in [3.05, 3.63) is 59.7 Å². The maximum atomic E-state index is 12.6. The number of nitrogens with zero attached hydrogens (tertiary/aromatic N) is 1. The van der Waals surface area contributed by atoms with Crippen LogP contribution < -0.4 is 5.32 Å². The third-order valence-corrected chi connectivity index (χ3v) is 6.45. The van der Waals surface area contributed by atoms with E-state index >= 15 is 0 Å². The molecule has 34 heavy (non-hydrogen) atoms. The maximum Gasteiger partial charge on any atom is 0.410 e. The predicted octanol–water partition coefficient (Wildman–Crippen LogP) is 4.68. The third kappa shape index (κ3) is 5.36. The average Bonchev–Trinajstić information content (AvgIpc) is 3.39. The zero-order valence-corrected chi connectivity index (χ0v) is 20.1. The number of hydrogen-bond acceptors (Lipinski definition) is 5. The highest BCUT2D eigenvalue weighted by Crippen LogP contribution is 2.44. The van der Waals surface area contributed by atoms with Crippen LogP contribution in [-0.4, -0.2) is 59.6 Å². The fourth-order valence-electron chi connectivity index (χ4n) is 4.96. The highest BCUT2D eigenvalue weighted by Gasteiger charge is 2.34. The second kappa shape index (κ2) is 10.1. The van der Waals surface area contributed by atoms with E-state index in [2.05, 4.69) is 29.6 Å². The summed E-state index contributed by atoms with van der Waals surface area (Å²) in [6.07, 6.45) is 1.20. The molecule has 1 aliphatic carbocycles. The summed E-state index contributed by atoms with van der Waals surface area (Å²) in [6, 6.07) is 15.7. The Morgan fingerprint density at radius 2 is 1.71 bits per heavy atom. The Bertz CT molecular complexity index is 986. The number of hydrogen-bond donors (Lipinski definition) is 2. The Hall–Kier alpha value is -3.06. The Morgan fingerprint density at radius 1 is 1.09 bits per heavy atom. The Labute approximate surface area is 201 Å². The average molecular weight is 467 g/mol. The molecule has 182 valence electrons. The van der Waals surface area contributed by atoms with Gasteiger partial charge in [0.1, 0.15) is 12.2 Å². The van der Waals surface area contributed by atoms with Crippen molar-refractivity contribution in [1.82, 2.24) is 10.2 Å². The fraction of sp³-hybridized carbons (Fsp3) is 0.481. The molecule has 1 fully saturated rings. The zero-order valence-electron chi connectivity index (χ0n) is 20.1. The van der Waals surface area contributed by atoms with Gasteiger partial charge < -0.3 is 24.8 Å². The van der Waals surface area contributed by atoms with Crippen molar-refractivity contribution in [2.75, 3.05) is 19.8 Å². The number of amides is 2. The first kappa shape index (κ1) is 24.1. The van der Waals surface area contributed by atoms with Crippen LogP contribution in [-0.2, 0) is 9.47 Å². The summed E-state index contributed by atoms with van der Waals surface area (Å²) in [7, 11) is 0. The van der Waals surface area contributed by atoms with Crippen molar-refractivity contribution in [1.29, 1.82) is 0 Å². The summed E-state index contributed by atoms with van der Waals surface area (Å²) in [5.41, 5.74) is 4.07. The van der Waals surface area contributed by atoms with Crippen LogP contribution >= 0.6 is 0 Å². The van der Waals surface area contributed by atoms with Crippen LogP contribution in [0.15, 0.2) is 48.5 Å². The Balaban J connectivity index is 1.34. The molecule has 2 aliphatic rings. The monoisotopic (exact) mass is 466 g/mol. The number of alkyl carbamates (subject to hydrolysis) is 1. The van der Waals surface area contributed by atoms with Gasteiger partial charge in [0, 0.05) is 18.5 Å². The molecule has 2 N–H and O–H groups in total. The van der Waals surface area contributed by atoms with Crippen LogP contribution in [0.2, 0.25) is 0 Å². The molecule has 0 radical (unpaired) electrons. The summed E-state index contributed by atoms with van der Waals surface area (Å²) >= 11 is 0. The second-order valence-electron chi connectivity index (χ2n) is 10.1. The fourth-order valence-corrected chi connectivity index (χ4v) is 4.96. The van der Waals surface area contributed by atoms with Crippen molar-refractivity contribution < 1.29 is 24.2 Å². The minimum atomic E-state index is -0.569. The highest BCUT2D eigenvalue weighted by atomic mass is 16.6. The van der Waals surface area contributed by atoms with E-state index in [4.69, 9.17) is 9.47 Å². The number of likely N-dealkylation sites (tertiary alicyclic amines) is 1. The first-order chi connectivity index (χ1) is 16.3. The van der Waals surface area contributed by atoms with E-state index in [0.717, 1.165) is 24.0 Å². The molecule has 2 amide bonds. The quantitative estimate of drug-likeness (QED) is 0.646. The van der Waals surface area contributed by atoms with E-state index in [1.807, 2.05) is 45.0 Å². The van der Waals surface area contributed by atoms with E-state index in [0.29, 0.717) is 13.0 Å². The van der Waals surface area contributed by atoms with Gasteiger partial charge in [0.25, 0.3) is 0 Å². The van der Waals surface area contributed by atoms with Gasteiger partial charge in [0.05, 0.1) is 12.6 Å². The predicted molar refractivity (Wildman–Crippen MR) is 130 cm³/mol. The lowest BCUT2D eigenvalue weighted by Crippen LogP contribution is -2.45. The van der Waals surface area contributed by atoms with Gasteiger partial charge >= 0.3 is 12.2 Å². The number of carbonyl (C=O) groups is 2. The highest BCUT2D eigenvalue weighted by molar-refractivity contribution is 5.79. The van der Waals surface area contributed by atoms with Crippen molar-refractivity contribution in [3.8, 4) is 11.1 Å². The van der Waals surface area contributed by atoms with Crippen LogP contribution in [0.25, 0.3) is 11.1 Å². The van der Waals surface area contributed by atoms with E-state index in [1.165, 1.54) is 11.1 Å². The molecule has 0 bridgehead atoms. The topological polar surface area (TPSA) is 88.1 Å². The van der Waals surface area contributed by atoms with Crippen molar-refractivity contribution in [3.63, 3.8) is 0 Å². The SMILES string of the molecule is CC(C)(C)OC(=O)N1CCC[C@@H]1C[C@H](CO)NC(=O)OCC1c2ccccc2-c2ccccc21. The van der Waals surface area contributed by atoms with E-state index in [9.17, 15) is 14.7 Å². The van der Waals surface area contributed by atoms with E-state index in [-0.39, 0.29) is 31.3 Å². The molecule has 7 heteroatoms. The van der Waals surface area contributed by atoms with Crippen LogP contribution in [0.3, 0.4) is 0 Å². The lowest BCUT2D eigenvalue weighted by atomic mass is 9.98. The molecule has 2 aromatic carbocycles. The summed E-state index contributed by atoms with van der Waals surface area (Å²) in [4.78, 5) is 26.9. The molecule has 2 aromatic rings. The molecule has 0 unspecified atom stereocenters. The van der Waals surface area contributed by atoms with Crippen LogP contribution in [0.5, 0.6) is 0 Å². The van der Waals surface area contributed by atoms with Gasteiger partial charge in [-0.25, -0.2) is 9.59 Å². The van der Waals surface area contributed by atoms with Gasteiger partial charge in [0.2, 0.25) is 0 Å². The molecular weight excluding hydrogens is 432 g/mol. The summed E-state index contributed by atoms with van der Waals surface area (Å²) in [6.45, 7) is 6.11. The molecule has 4 rings (SSSR count). The Kier molecular flexibility index (Phi) is 7.12. The first-order valence-electron chi connectivity index (χ1n) is 12.0. The van der Waals surface area contributed by atoms with Crippen LogP contribution in [0.4, 0.5) is 9.59 Å². The summed E-state index contributed by atoms with van der Waals surface area (Å²) in [5.74, 6) is -0.0248. The number of rotatable bonds is 6. The zero-order chi connectivity index (χ0) is 24.3. The number of ether oxygens (including phenoxy) is 2. The van der Waals surface area contributed by atoms with Gasteiger partial charge in [-0.1, -0.05) is 48.5 Å². The smallest absolute Gasteiger partial charge is 0.410 e. The number of fused-ring (bicyclic) bond motifs is 3. The number of benzene rings is 2. The van der Waals surface area contributed by atoms with Gasteiger partial charge in [-0.3, -0.25) is 0 Å². The molecule has 1 heterocycles. The normalized spacial score (nSPS) is 18.2. The molecule has 1 aliphatic heterocycles. The standard InChI is InChI=1S/C27H34N2O5/c1-27(2,3)34-26(32)29-14-8-9-19(29)15-18(16-30)28-25(31)33-17-24-22-12-6-4-10-20(22)21-11-5-7-13-23(21)24/h4-7,10-13,18-19,24,30H,8-9,14-17H2,1-3H3,(H,28,31)/t18-,19-/m1/s1. The van der Waals surface area contributed by atoms with E-state index < -0.39 is 17.7 Å². The first-order valence-corrected chi connectivity index (χ1v) is 12.0. The molecule has 0 saturated carbocycles. The van der Waals surface area contributed by atoms with Gasteiger partial charge in [-0.15, -0.1) is 0 Å². The number of aliphatic hydroxyl groups is 1. The van der Waals surface area contributed by atoms with Crippen molar-refractivity contribution in [2.24, 2.45) is 0 Å². The van der Waals surface area contributed by atoms with Crippen LogP contribution in [0, 0.1) is 0 Å². The van der Waals surface area contributed by atoms with E-state index in [1.54, 1.807) is 4.90 Å². The number of carbonyl (C=O) groups excluding carboxylic acids is 2. The summed E-state index contributed by atoms with van der Waals surface area (Å²) in [5, 5.41) is 12.7. The lowest BCUT2D eigenvalue weighted by molar-refractivity contribution is 0.0207. The van der Waals surface area contributed by atoms with Crippen LogP contribution in [0.1, 0.15) is 57.1 Å². The minimum absolute atomic E-state index is 0.0248.